The molecule has 2 aromatic carbocycles. The van der Waals surface area contributed by atoms with E-state index in [1.54, 1.807) is 5.32 Å². The third-order valence-electron chi connectivity index (χ3n) is 4.28. The van der Waals surface area contributed by atoms with Crippen molar-refractivity contribution in [2.24, 2.45) is 0 Å². The van der Waals surface area contributed by atoms with E-state index in [4.69, 9.17) is 34.8 Å². The van der Waals surface area contributed by atoms with Gasteiger partial charge in [-0.25, -0.2) is 0 Å². The van der Waals surface area contributed by atoms with Crippen molar-refractivity contribution >= 4 is 68.2 Å². The van der Waals surface area contributed by atoms with Crippen LogP contribution in [0.3, 0.4) is 0 Å². The van der Waals surface area contributed by atoms with Crippen LogP contribution in [-0.4, -0.2) is 28.9 Å². The molecule has 0 aliphatic carbocycles. The van der Waals surface area contributed by atoms with Gasteiger partial charge in [-0.3, -0.25) is 9.59 Å². The molecule has 2 rings (SSSR count). The van der Waals surface area contributed by atoms with Crippen molar-refractivity contribution in [3.05, 3.63) is 62.6 Å². The molecule has 0 saturated carbocycles. The van der Waals surface area contributed by atoms with E-state index in [1.165, 1.54) is 19.1 Å². The van der Waals surface area contributed by atoms with Crippen molar-refractivity contribution in [1.82, 2.24) is 5.32 Å². The van der Waals surface area contributed by atoms with Crippen LogP contribution in [-0.2, 0) is 11.0 Å². The fourth-order valence-electron chi connectivity index (χ4n) is 2.88. The predicted octanol–water partition coefficient (Wildman–Crippen LogP) is 7.33. The Kier molecular flexibility index (Phi) is 8.83. The summed E-state index contributed by atoms with van der Waals surface area (Å²) in [5.74, 6) is -3.62. The molecule has 14 heteroatoms. The van der Waals surface area contributed by atoms with Gasteiger partial charge < -0.3 is 10.6 Å². The zero-order valence-corrected chi connectivity index (χ0v) is 20.7. The third-order valence-corrected chi connectivity index (χ3v) is 5.50. The summed E-state index contributed by atoms with van der Waals surface area (Å²) < 4.78 is 75.0. The summed E-state index contributed by atoms with van der Waals surface area (Å²) in [5.41, 5.74) is -1.67. The maximum absolute atomic E-state index is 13.2. The molecule has 0 aliphatic heterocycles. The Morgan fingerprint density at radius 1 is 1.03 bits per heavy atom. The Morgan fingerprint density at radius 2 is 1.65 bits per heavy atom. The Hall–Kier alpha value is -1.69. The highest BCUT2D eigenvalue weighted by Crippen LogP contribution is 2.41. The van der Waals surface area contributed by atoms with Crippen LogP contribution >= 0.6 is 50.7 Å². The number of halogens is 10. The maximum Gasteiger partial charge on any atom is 0.416 e. The number of carbonyl (C=O) groups excluding carboxylic acids is 2. The van der Waals surface area contributed by atoms with Crippen molar-refractivity contribution in [3.63, 3.8) is 0 Å². The third kappa shape index (κ3) is 7.93. The van der Waals surface area contributed by atoms with Crippen molar-refractivity contribution in [2.75, 3.05) is 11.9 Å². The van der Waals surface area contributed by atoms with E-state index < -0.39 is 46.5 Å². The Balaban J connectivity index is 2.38. The molecule has 0 aromatic heterocycles. The van der Waals surface area contributed by atoms with Gasteiger partial charge in [0.2, 0.25) is 5.91 Å². The number of hydrogen-bond acceptors (Lipinski definition) is 2. The highest BCUT2D eigenvalue weighted by Gasteiger charge is 2.40. The molecule has 186 valence electrons. The first-order valence-electron chi connectivity index (χ1n) is 9.09. The van der Waals surface area contributed by atoms with Crippen LogP contribution in [0.15, 0.2) is 40.9 Å². The number of alkyl halides is 8. The van der Waals surface area contributed by atoms with Crippen LogP contribution < -0.4 is 10.6 Å². The summed E-state index contributed by atoms with van der Waals surface area (Å²) in [6.45, 7) is -0.408. The van der Waals surface area contributed by atoms with Gasteiger partial charge >= 0.3 is 12.4 Å². The van der Waals surface area contributed by atoms with Gasteiger partial charge in [0.1, 0.15) is 10.9 Å². The van der Waals surface area contributed by atoms with Gasteiger partial charge in [-0.1, -0.05) is 27.5 Å². The van der Waals surface area contributed by atoms with E-state index >= 15 is 0 Å². The van der Waals surface area contributed by atoms with Gasteiger partial charge in [-0.05, 0) is 48.9 Å². The minimum Gasteiger partial charge on any atom is -0.343 e. The molecule has 0 saturated heterocycles. The first-order chi connectivity index (χ1) is 15.4. The van der Waals surface area contributed by atoms with Crippen molar-refractivity contribution in [2.45, 2.75) is 29.5 Å². The molecule has 0 bridgehead atoms. The molecule has 34 heavy (non-hydrogen) atoms. The summed E-state index contributed by atoms with van der Waals surface area (Å²) >= 11 is 21.1. The van der Waals surface area contributed by atoms with Crippen LogP contribution in [0.4, 0.5) is 32.0 Å². The lowest BCUT2D eigenvalue weighted by atomic mass is 9.93. The first-order valence-corrected chi connectivity index (χ1v) is 11.0. The van der Waals surface area contributed by atoms with E-state index in [1.807, 2.05) is 0 Å². The lowest BCUT2D eigenvalue weighted by Gasteiger charge is -2.27. The molecular formula is C20H14BrCl3F6N2O2. The van der Waals surface area contributed by atoms with Crippen molar-refractivity contribution in [3.8, 4) is 0 Å². The Labute approximate surface area is 213 Å². The van der Waals surface area contributed by atoms with Gasteiger partial charge in [0.25, 0.3) is 5.91 Å². The molecule has 1 unspecified atom stereocenters. The molecule has 0 radical (unpaired) electrons. The molecule has 0 heterocycles. The monoisotopic (exact) mass is 612 g/mol. The number of amides is 2. The number of rotatable bonds is 6. The fraction of sp³-hybridized carbons (Fsp3) is 0.300. The Bertz CT molecular complexity index is 1090. The molecule has 2 aromatic rings. The van der Waals surface area contributed by atoms with E-state index in [0.29, 0.717) is 0 Å². The average molecular weight is 615 g/mol. The lowest BCUT2D eigenvalue weighted by molar-refractivity contribution is -0.137. The summed E-state index contributed by atoms with van der Waals surface area (Å²) in [7, 11) is 0. The quantitative estimate of drug-likeness (QED) is 0.265. The molecule has 0 spiro atoms. The minimum atomic E-state index is -4.72. The van der Waals surface area contributed by atoms with Gasteiger partial charge in [0, 0.05) is 10.2 Å². The molecule has 0 aliphatic rings. The molecule has 2 N–H and O–H groups in total. The smallest absolute Gasteiger partial charge is 0.343 e. The van der Waals surface area contributed by atoms with Crippen LogP contribution in [0.25, 0.3) is 0 Å². The van der Waals surface area contributed by atoms with Crippen LogP contribution in [0.2, 0.25) is 5.02 Å². The van der Waals surface area contributed by atoms with Crippen molar-refractivity contribution in [1.29, 1.82) is 0 Å². The van der Waals surface area contributed by atoms with Crippen LogP contribution in [0.5, 0.6) is 0 Å². The van der Waals surface area contributed by atoms with Gasteiger partial charge in [-0.15, -0.1) is 23.2 Å². The average Bonchev–Trinajstić information content (AvgIpc) is 2.65. The SMILES string of the molecule is CC(Cl)(Cl)C(C(=O)Nc1ccc(Cl)c(C(=O)NCC(F)(F)F)c1)c1cc(Br)cc(C(F)(F)F)c1. The Morgan fingerprint density at radius 3 is 2.18 bits per heavy atom. The van der Waals surface area contributed by atoms with Gasteiger partial charge in [0.05, 0.1) is 22.1 Å². The predicted molar refractivity (Wildman–Crippen MR) is 120 cm³/mol. The van der Waals surface area contributed by atoms with E-state index in [-0.39, 0.29) is 26.3 Å². The standard InChI is InChI=1S/C20H14BrCl3F6N2O2/c1-18(23,24)15(9-4-10(20(28,29)30)6-11(21)5-9)17(34)32-12-2-3-14(22)13(7-12)16(33)31-8-19(25,26)27/h2-7,15H,8H2,1H3,(H,31,33)(H,32,34). The summed E-state index contributed by atoms with van der Waals surface area (Å²) in [5, 5.41) is 3.80. The lowest BCUT2D eigenvalue weighted by Crippen LogP contribution is -2.34. The van der Waals surface area contributed by atoms with Gasteiger partial charge in [-0.2, -0.15) is 26.3 Å². The molecule has 4 nitrogen and oxygen atoms in total. The van der Waals surface area contributed by atoms with E-state index in [9.17, 15) is 35.9 Å². The molecule has 1 atom stereocenters. The second-order valence-corrected chi connectivity index (χ2v) is 10.2. The zero-order chi connectivity index (χ0) is 26.1. The topological polar surface area (TPSA) is 58.2 Å². The second kappa shape index (κ2) is 10.5. The van der Waals surface area contributed by atoms with E-state index in [2.05, 4.69) is 21.2 Å². The number of hydrogen-bond donors (Lipinski definition) is 2. The summed E-state index contributed by atoms with van der Waals surface area (Å²) in [6, 6.07) is 6.15. The van der Waals surface area contributed by atoms with Crippen LogP contribution in [0, 0.1) is 0 Å². The minimum absolute atomic E-state index is 0.0165. The fourth-order valence-corrected chi connectivity index (χ4v) is 4.05. The molecule has 2 amide bonds. The summed E-state index contributed by atoms with van der Waals surface area (Å²) in [4.78, 5) is 25.1. The number of nitrogens with one attached hydrogen (secondary N) is 2. The molecule has 0 fully saturated rings. The molecular weight excluding hydrogens is 600 g/mol. The van der Waals surface area contributed by atoms with Crippen LogP contribution in [0.1, 0.15) is 34.3 Å². The summed E-state index contributed by atoms with van der Waals surface area (Å²) in [6.07, 6.45) is -9.38. The number of benzene rings is 2. The highest BCUT2D eigenvalue weighted by atomic mass is 79.9. The van der Waals surface area contributed by atoms with Crippen molar-refractivity contribution < 1.29 is 35.9 Å². The zero-order valence-electron chi connectivity index (χ0n) is 16.8. The number of carbonyl (C=O) groups is 2. The maximum atomic E-state index is 13.2. The first kappa shape index (κ1) is 28.5. The second-order valence-electron chi connectivity index (χ2n) is 7.14. The van der Waals surface area contributed by atoms with Gasteiger partial charge in [0.15, 0.2) is 0 Å². The number of anilines is 1. The normalized spacial score (nSPS) is 13.4. The highest BCUT2D eigenvalue weighted by molar-refractivity contribution is 9.10. The largest absolute Gasteiger partial charge is 0.416 e. The van der Waals surface area contributed by atoms with E-state index in [0.717, 1.165) is 24.3 Å².